The standard InChI is InChI=1S/C13H18BrNO3S/c1-15(11-5-6-19(16,17)9-11)8-10-3-4-13(18-2)12(14)7-10/h3-4,7,11H,5-6,8-9H2,1-2H3. The topological polar surface area (TPSA) is 46.6 Å². The molecule has 0 radical (unpaired) electrons. The van der Waals surface area contributed by atoms with E-state index in [0.29, 0.717) is 5.75 Å². The van der Waals surface area contributed by atoms with E-state index in [-0.39, 0.29) is 11.8 Å². The summed E-state index contributed by atoms with van der Waals surface area (Å²) < 4.78 is 29.1. The molecular formula is C13H18BrNO3S. The molecular weight excluding hydrogens is 330 g/mol. The number of hydrogen-bond donors (Lipinski definition) is 0. The highest BCUT2D eigenvalue weighted by atomic mass is 79.9. The smallest absolute Gasteiger partial charge is 0.151 e. The summed E-state index contributed by atoms with van der Waals surface area (Å²) in [5.74, 6) is 1.39. The van der Waals surface area contributed by atoms with E-state index in [4.69, 9.17) is 4.74 Å². The van der Waals surface area contributed by atoms with Gasteiger partial charge in [-0.25, -0.2) is 8.42 Å². The van der Waals surface area contributed by atoms with Crippen LogP contribution < -0.4 is 4.74 Å². The molecule has 4 nitrogen and oxygen atoms in total. The van der Waals surface area contributed by atoms with Crippen LogP contribution in [-0.4, -0.2) is 45.0 Å². The second-order valence-electron chi connectivity index (χ2n) is 4.94. The lowest BCUT2D eigenvalue weighted by atomic mass is 10.1. The molecule has 0 aliphatic carbocycles. The fraction of sp³-hybridized carbons (Fsp3) is 0.538. The first-order valence-electron chi connectivity index (χ1n) is 6.14. The van der Waals surface area contributed by atoms with Gasteiger partial charge in [0.1, 0.15) is 5.75 Å². The summed E-state index contributed by atoms with van der Waals surface area (Å²) in [5, 5.41) is 0. The Kier molecular flexibility index (Phi) is 4.53. The quantitative estimate of drug-likeness (QED) is 0.836. The molecule has 1 aromatic carbocycles. The molecule has 0 aromatic heterocycles. The van der Waals surface area contributed by atoms with E-state index < -0.39 is 9.84 Å². The lowest BCUT2D eigenvalue weighted by molar-refractivity contribution is 0.254. The monoisotopic (exact) mass is 347 g/mol. The summed E-state index contributed by atoms with van der Waals surface area (Å²) in [4.78, 5) is 2.11. The van der Waals surface area contributed by atoms with Gasteiger partial charge in [0.15, 0.2) is 9.84 Å². The highest BCUT2D eigenvalue weighted by molar-refractivity contribution is 9.10. The third kappa shape index (κ3) is 3.70. The van der Waals surface area contributed by atoms with Crippen molar-refractivity contribution in [1.29, 1.82) is 0 Å². The summed E-state index contributed by atoms with van der Waals surface area (Å²) in [6.45, 7) is 0.739. The Morgan fingerprint density at radius 2 is 2.21 bits per heavy atom. The molecule has 1 fully saturated rings. The first kappa shape index (κ1) is 14.8. The van der Waals surface area contributed by atoms with Crippen LogP contribution in [0.5, 0.6) is 5.75 Å². The molecule has 106 valence electrons. The Morgan fingerprint density at radius 3 is 2.74 bits per heavy atom. The van der Waals surface area contributed by atoms with Gasteiger partial charge in [0, 0.05) is 12.6 Å². The van der Waals surface area contributed by atoms with Crippen molar-refractivity contribution in [3.05, 3.63) is 28.2 Å². The second kappa shape index (κ2) is 5.81. The highest BCUT2D eigenvalue weighted by Crippen LogP contribution is 2.26. The van der Waals surface area contributed by atoms with Gasteiger partial charge >= 0.3 is 0 Å². The molecule has 1 saturated heterocycles. The predicted molar refractivity (Wildman–Crippen MR) is 79.2 cm³/mol. The molecule has 1 aliphatic rings. The van der Waals surface area contributed by atoms with E-state index in [0.717, 1.165) is 28.8 Å². The number of sulfone groups is 1. The van der Waals surface area contributed by atoms with Crippen LogP contribution >= 0.6 is 15.9 Å². The molecule has 0 N–H and O–H groups in total. The average Bonchev–Trinajstić information content (AvgIpc) is 2.70. The largest absolute Gasteiger partial charge is 0.496 e. The van der Waals surface area contributed by atoms with Crippen molar-refractivity contribution in [2.75, 3.05) is 25.7 Å². The van der Waals surface area contributed by atoms with Crippen LogP contribution in [0.2, 0.25) is 0 Å². The third-order valence-corrected chi connectivity index (χ3v) is 5.85. The van der Waals surface area contributed by atoms with E-state index in [1.54, 1.807) is 7.11 Å². The Bertz CT molecular complexity index is 559. The average molecular weight is 348 g/mol. The molecule has 19 heavy (non-hydrogen) atoms. The fourth-order valence-electron chi connectivity index (χ4n) is 2.35. The zero-order chi connectivity index (χ0) is 14.0. The Hall–Kier alpha value is -0.590. The number of nitrogens with zero attached hydrogens (tertiary/aromatic N) is 1. The Morgan fingerprint density at radius 1 is 1.47 bits per heavy atom. The highest BCUT2D eigenvalue weighted by Gasteiger charge is 2.30. The number of methoxy groups -OCH3 is 1. The zero-order valence-electron chi connectivity index (χ0n) is 11.1. The molecule has 0 bridgehead atoms. The van der Waals surface area contributed by atoms with E-state index in [2.05, 4.69) is 20.8 Å². The van der Waals surface area contributed by atoms with Crippen molar-refractivity contribution in [3.63, 3.8) is 0 Å². The summed E-state index contributed by atoms with van der Waals surface area (Å²) >= 11 is 3.46. The minimum atomic E-state index is -2.82. The maximum Gasteiger partial charge on any atom is 0.151 e. The molecule has 2 rings (SSSR count). The maximum atomic E-state index is 11.5. The zero-order valence-corrected chi connectivity index (χ0v) is 13.5. The minimum absolute atomic E-state index is 0.130. The van der Waals surface area contributed by atoms with Crippen molar-refractivity contribution in [1.82, 2.24) is 4.90 Å². The summed E-state index contributed by atoms with van der Waals surface area (Å²) in [6, 6.07) is 6.06. The molecule has 1 unspecified atom stereocenters. The summed E-state index contributed by atoms with van der Waals surface area (Å²) in [5.41, 5.74) is 1.14. The Labute approximate surface area is 122 Å². The normalized spacial score (nSPS) is 21.8. The maximum absolute atomic E-state index is 11.5. The van der Waals surface area contributed by atoms with Crippen LogP contribution in [0.15, 0.2) is 22.7 Å². The minimum Gasteiger partial charge on any atom is -0.496 e. The first-order chi connectivity index (χ1) is 8.91. The number of halogens is 1. The van der Waals surface area contributed by atoms with Crippen molar-refractivity contribution in [3.8, 4) is 5.75 Å². The number of hydrogen-bond acceptors (Lipinski definition) is 4. The van der Waals surface area contributed by atoms with Crippen LogP contribution in [0.3, 0.4) is 0 Å². The summed E-state index contributed by atoms with van der Waals surface area (Å²) in [7, 11) is 0.788. The van der Waals surface area contributed by atoms with Gasteiger partial charge in [-0.2, -0.15) is 0 Å². The molecule has 0 amide bonds. The Balaban J connectivity index is 2.03. The molecule has 1 atom stereocenters. The molecule has 6 heteroatoms. The van der Waals surface area contributed by atoms with Gasteiger partial charge in [-0.05, 0) is 47.1 Å². The van der Waals surface area contributed by atoms with Crippen LogP contribution in [0.4, 0.5) is 0 Å². The second-order valence-corrected chi connectivity index (χ2v) is 8.02. The van der Waals surface area contributed by atoms with Gasteiger partial charge in [0.2, 0.25) is 0 Å². The van der Waals surface area contributed by atoms with Gasteiger partial charge in [-0.1, -0.05) is 6.07 Å². The number of ether oxygens (including phenoxy) is 1. The molecule has 0 saturated carbocycles. The van der Waals surface area contributed by atoms with Crippen LogP contribution in [0, 0.1) is 0 Å². The molecule has 1 aromatic rings. The number of rotatable bonds is 4. The van der Waals surface area contributed by atoms with Crippen molar-refractivity contribution < 1.29 is 13.2 Å². The van der Waals surface area contributed by atoms with Gasteiger partial charge in [-0.15, -0.1) is 0 Å². The molecule has 1 heterocycles. The van der Waals surface area contributed by atoms with Crippen molar-refractivity contribution in [2.24, 2.45) is 0 Å². The van der Waals surface area contributed by atoms with E-state index in [9.17, 15) is 8.42 Å². The number of benzene rings is 1. The predicted octanol–water partition coefficient (Wildman–Crippen LogP) is 2.08. The van der Waals surface area contributed by atoms with Gasteiger partial charge in [-0.3, -0.25) is 4.90 Å². The van der Waals surface area contributed by atoms with Crippen LogP contribution in [0.25, 0.3) is 0 Å². The van der Waals surface area contributed by atoms with E-state index in [1.165, 1.54) is 0 Å². The van der Waals surface area contributed by atoms with E-state index in [1.807, 2.05) is 25.2 Å². The van der Waals surface area contributed by atoms with Gasteiger partial charge in [0.05, 0.1) is 23.1 Å². The van der Waals surface area contributed by atoms with Gasteiger partial charge in [0.25, 0.3) is 0 Å². The fourth-order valence-corrected chi connectivity index (χ4v) is 4.74. The molecule has 0 spiro atoms. The van der Waals surface area contributed by atoms with Crippen molar-refractivity contribution >= 4 is 25.8 Å². The lowest BCUT2D eigenvalue weighted by Crippen LogP contribution is -2.32. The first-order valence-corrected chi connectivity index (χ1v) is 8.76. The van der Waals surface area contributed by atoms with Crippen LogP contribution in [-0.2, 0) is 16.4 Å². The lowest BCUT2D eigenvalue weighted by Gasteiger charge is -2.23. The van der Waals surface area contributed by atoms with Crippen molar-refractivity contribution in [2.45, 2.75) is 19.0 Å². The van der Waals surface area contributed by atoms with Crippen LogP contribution in [0.1, 0.15) is 12.0 Å². The summed E-state index contributed by atoms with van der Waals surface area (Å²) in [6.07, 6.45) is 0.732. The third-order valence-electron chi connectivity index (χ3n) is 3.48. The SMILES string of the molecule is COc1ccc(CN(C)C2CCS(=O)(=O)C2)cc1Br. The van der Waals surface area contributed by atoms with E-state index >= 15 is 0 Å². The van der Waals surface area contributed by atoms with Gasteiger partial charge < -0.3 is 4.74 Å². The molecule has 1 aliphatic heterocycles.